The molecule has 2 rings (SSSR count). The van der Waals surface area contributed by atoms with E-state index in [4.69, 9.17) is 0 Å². The van der Waals surface area contributed by atoms with Gasteiger partial charge in [0.15, 0.2) is 0 Å². The van der Waals surface area contributed by atoms with Crippen LogP contribution in [0.3, 0.4) is 0 Å². The van der Waals surface area contributed by atoms with E-state index in [1.54, 1.807) is 0 Å². The summed E-state index contributed by atoms with van der Waals surface area (Å²) in [5, 5.41) is 9.68. The third-order valence-electron chi connectivity index (χ3n) is 2.60. The fourth-order valence-electron chi connectivity index (χ4n) is 1.75. The molecule has 0 aliphatic carbocycles. The zero-order valence-corrected chi connectivity index (χ0v) is 8.99. The normalized spacial score (nSPS) is 10.3. The Morgan fingerprint density at radius 1 is 0.800 bits per heavy atom. The summed E-state index contributed by atoms with van der Waals surface area (Å²) in [6, 6.07) is 14.2. The first-order valence-electron chi connectivity index (χ1n) is 5.04. The summed E-state index contributed by atoms with van der Waals surface area (Å²) in [5.41, 5.74) is 4.19. The van der Waals surface area contributed by atoms with Crippen LogP contribution in [0.2, 0.25) is 0 Å². The summed E-state index contributed by atoms with van der Waals surface area (Å²) in [5.74, 6) is 0.398. The van der Waals surface area contributed by atoms with E-state index < -0.39 is 0 Å². The van der Waals surface area contributed by atoms with Gasteiger partial charge in [0.1, 0.15) is 5.75 Å². The molecule has 0 radical (unpaired) electrons. The summed E-state index contributed by atoms with van der Waals surface area (Å²) in [6.07, 6.45) is 0. The lowest BCUT2D eigenvalue weighted by atomic mass is 10.00. The Bertz CT molecular complexity index is 449. The largest absolute Gasteiger partial charge is 0.507 e. The third kappa shape index (κ3) is 1.86. The lowest BCUT2D eigenvalue weighted by Gasteiger charge is -2.07. The average Bonchev–Trinajstić information content (AvgIpc) is 2.26. The van der Waals surface area contributed by atoms with Gasteiger partial charge in [-0.15, -0.1) is 0 Å². The van der Waals surface area contributed by atoms with Gasteiger partial charge in [-0.2, -0.15) is 0 Å². The minimum atomic E-state index is 0.398. The molecule has 1 heteroatoms. The molecular formula is C14H14O. The first-order valence-corrected chi connectivity index (χ1v) is 5.04. The Morgan fingerprint density at radius 2 is 1.33 bits per heavy atom. The molecule has 15 heavy (non-hydrogen) atoms. The van der Waals surface area contributed by atoms with Gasteiger partial charge in [0, 0.05) is 0 Å². The average molecular weight is 198 g/mol. The molecular weight excluding hydrogens is 184 g/mol. The monoisotopic (exact) mass is 198 g/mol. The van der Waals surface area contributed by atoms with E-state index in [-0.39, 0.29) is 0 Å². The summed E-state index contributed by atoms with van der Waals surface area (Å²) in [7, 11) is 0. The zero-order valence-electron chi connectivity index (χ0n) is 8.99. The quantitative estimate of drug-likeness (QED) is 0.741. The van der Waals surface area contributed by atoms with Crippen molar-refractivity contribution in [2.45, 2.75) is 13.8 Å². The molecule has 0 bridgehead atoms. The van der Waals surface area contributed by atoms with Crippen molar-refractivity contribution in [3.05, 3.63) is 53.6 Å². The fourth-order valence-corrected chi connectivity index (χ4v) is 1.75. The highest BCUT2D eigenvalue weighted by atomic mass is 16.3. The van der Waals surface area contributed by atoms with Crippen molar-refractivity contribution in [1.29, 1.82) is 0 Å². The van der Waals surface area contributed by atoms with Gasteiger partial charge in [0.25, 0.3) is 0 Å². The van der Waals surface area contributed by atoms with Gasteiger partial charge >= 0.3 is 0 Å². The van der Waals surface area contributed by atoms with Gasteiger partial charge in [0.2, 0.25) is 0 Å². The molecule has 0 saturated carbocycles. The van der Waals surface area contributed by atoms with Crippen LogP contribution in [-0.2, 0) is 0 Å². The maximum absolute atomic E-state index is 9.68. The minimum absolute atomic E-state index is 0.398. The van der Waals surface area contributed by atoms with E-state index in [9.17, 15) is 5.11 Å². The van der Waals surface area contributed by atoms with Crippen LogP contribution >= 0.6 is 0 Å². The molecule has 0 heterocycles. The Kier molecular flexibility index (Phi) is 2.46. The molecule has 0 atom stereocenters. The standard InChI is InChI=1S/C14H14O/c1-10-8-13(9-11(2)14(10)15)12-6-4-3-5-7-12/h3-9,15H,1-2H3. The summed E-state index contributed by atoms with van der Waals surface area (Å²) in [4.78, 5) is 0. The predicted octanol–water partition coefficient (Wildman–Crippen LogP) is 3.68. The van der Waals surface area contributed by atoms with E-state index in [1.165, 1.54) is 5.56 Å². The van der Waals surface area contributed by atoms with Crippen LogP contribution in [0.4, 0.5) is 0 Å². The summed E-state index contributed by atoms with van der Waals surface area (Å²) < 4.78 is 0. The van der Waals surface area contributed by atoms with Crippen molar-refractivity contribution >= 4 is 0 Å². The van der Waals surface area contributed by atoms with Crippen LogP contribution in [0, 0.1) is 13.8 Å². The molecule has 0 aliphatic heterocycles. The first kappa shape index (κ1) is 9.78. The van der Waals surface area contributed by atoms with Gasteiger partial charge in [-0.25, -0.2) is 0 Å². The SMILES string of the molecule is Cc1cc(-c2ccccc2)cc(C)c1O. The van der Waals surface area contributed by atoms with Crippen LogP contribution in [0.5, 0.6) is 5.75 Å². The molecule has 0 aliphatic rings. The van der Waals surface area contributed by atoms with E-state index in [2.05, 4.69) is 12.1 Å². The first-order chi connectivity index (χ1) is 7.18. The lowest BCUT2D eigenvalue weighted by molar-refractivity contribution is 0.467. The highest BCUT2D eigenvalue weighted by Crippen LogP contribution is 2.28. The topological polar surface area (TPSA) is 20.2 Å². The highest BCUT2D eigenvalue weighted by molar-refractivity contribution is 5.67. The van der Waals surface area contributed by atoms with Crippen LogP contribution in [0.25, 0.3) is 11.1 Å². The molecule has 0 fully saturated rings. The number of hydrogen-bond donors (Lipinski definition) is 1. The number of phenols is 1. The second-order valence-electron chi connectivity index (χ2n) is 3.82. The van der Waals surface area contributed by atoms with Gasteiger partial charge < -0.3 is 5.11 Å². The Labute approximate surface area is 90.0 Å². The number of hydrogen-bond acceptors (Lipinski definition) is 1. The fraction of sp³-hybridized carbons (Fsp3) is 0.143. The molecule has 2 aromatic carbocycles. The number of benzene rings is 2. The van der Waals surface area contributed by atoms with Crippen molar-refractivity contribution in [2.24, 2.45) is 0 Å². The maximum Gasteiger partial charge on any atom is 0.121 e. The van der Waals surface area contributed by atoms with Crippen molar-refractivity contribution in [1.82, 2.24) is 0 Å². The number of aryl methyl sites for hydroxylation is 2. The van der Waals surface area contributed by atoms with E-state index in [0.29, 0.717) is 5.75 Å². The van der Waals surface area contributed by atoms with Gasteiger partial charge in [-0.05, 0) is 48.2 Å². The molecule has 1 N–H and O–H groups in total. The van der Waals surface area contributed by atoms with Gasteiger partial charge in [-0.3, -0.25) is 0 Å². The van der Waals surface area contributed by atoms with Crippen LogP contribution in [0.1, 0.15) is 11.1 Å². The van der Waals surface area contributed by atoms with Crippen LogP contribution in [-0.4, -0.2) is 5.11 Å². The second-order valence-corrected chi connectivity index (χ2v) is 3.82. The van der Waals surface area contributed by atoms with Crippen molar-refractivity contribution < 1.29 is 5.11 Å². The third-order valence-corrected chi connectivity index (χ3v) is 2.60. The minimum Gasteiger partial charge on any atom is -0.507 e. The number of phenolic OH excluding ortho intramolecular Hbond substituents is 1. The number of rotatable bonds is 1. The predicted molar refractivity (Wildman–Crippen MR) is 63.0 cm³/mol. The smallest absolute Gasteiger partial charge is 0.121 e. The van der Waals surface area contributed by atoms with Crippen molar-refractivity contribution in [2.75, 3.05) is 0 Å². The maximum atomic E-state index is 9.68. The van der Waals surface area contributed by atoms with E-state index in [1.807, 2.05) is 44.2 Å². The highest BCUT2D eigenvalue weighted by Gasteiger charge is 2.04. The van der Waals surface area contributed by atoms with Gasteiger partial charge in [-0.1, -0.05) is 30.3 Å². The summed E-state index contributed by atoms with van der Waals surface area (Å²) in [6.45, 7) is 3.85. The van der Waals surface area contributed by atoms with Crippen molar-refractivity contribution in [3.8, 4) is 16.9 Å². The van der Waals surface area contributed by atoms with Crippen LogP contribution < -0.4 is 0 Å². The van der Waals surface area contributed by atoms with E-state index >= 15 is 0 Å². The Balaban J connectivity index is 2.56. The molecule has 2 aromatic rings. The second kappa shape index (κ2) is 3.77. The molecule has 0 saturated heterocycles. The number of aromatic hydroxyl groups is 1. The molecule has 0 amide bonds. The van der Waals surface area contributed by atoms with Gasteiger partial charge in [0.05, 0.1) is 0 Å². The molecule has 1 nitrogen and oxygen atoms in total. The molecule has 0 unspecified atom stereocenters. The Hall–Kier alpha value is -1.76. The van der Waals surface area contributed by atoms with E-state index in [0.717, 1.165) is 16.7 Å². The van der Waals surface area contributed by atoms with Crippen molar-refractivity contribution in [3.63, 3.8) is 0 Å². The Morgan fingerprint density at radius 3 is 1.87 bits per heavy atom. The molecule has 76 valence electrons. The zero-order chi connectivity index (χ0) is 10.8. The molecule has 0 spiro atoms. The summed E-state index contributed by atoms with van der Waals surface area (Å²) >= 11 is 0. The van der Waals surface area contributed by atoms with Crippen LogP contribution in [0.15, 0.2) is 42.5 Å². The molecule has 0 aromatic heterocycles. The lowest BCUT2D eigenvalue weighted by Crippen LogP contribution is -1.84.